The molecule has 0 bridgehead atoms. The number of nitrogens with zero attached hydrogens (tertiary/aromatic N) is 2. The number of hydrogen-bond donors (Lipinski definition) is 1. The number of hydrogen-bond acceptors (Lipinski definition) is 3. The van der Waals surface area contributed by atoms with Crippen molar-refractivity contribution in [3.05, 3.63) is 29.6 Å². The summed E-state index contributed by atoms with van der Waals surface area (Å²) in [6.07, 6.45) is 0.879. The highest BCUT2D eigenvalue weighted by molar-refractivity contribution is 5.92. The van der Waals surface area contributed by atoms with Crippen molar-refractivity contribution in [2.75, 3.05) is 6.54 Å². The highest BCUT2D eigenvalue weighted by Crippen LogP contribution is 1.97. The van der Waals surface area contributed by atoms with E-state index in [9.17, 15) is 4.79 Å². The summed E-state index contributed by atoms with van der Waals surface area (Å²) in [4.78, 5) is 15.3. The van der Waals surface area contributed by atoms with Crippen LogP contribution in [0.3, 0.4) is 0 Å². The molecule has 1 aromatic rings. The SMILES string of the molecule is CCCNC(=O)c1cccc(C#N)n1. The van der Waals surface area contributed by atoms with Gasteiger partial charge in [0.1, 0.15) is 17.5 Å². The first-order valence-corrected chi connectivity index (χ1v) is 4.43. The average Bonchev–Trinajstić information content (AvgIpc) is 2.26. The van der Waals surface area contributed by atoms with E-state index in [1.165, 1.54) is 0 Å². The molecule has 0 aliphatic rings. The number of carbonyl (C=O) groups excluding carboxylic acids is 1. The molecule has 0 aliphatic carbocycles. The molecule has 0 aromatic carbocycles. The number of carbonyl (C=O) groups is 1. The fourth-order valence-corrected chi connectivity index (χ4v) is 0.953. The van der Waals surface area contributed by atoms with E-state index >= 15 is 0 Å². The summed E-state index contributed by atoms with van der Waals surface area (Å²) in [6, 6.07) is 6.69. The number of aromatic nitrogens is 1. The van der Waals surface area contributed by atoms with Crippen molar-refractivity contribution in [3.8, 4) is 6.07 Å². The van der Waals surface area contributed by atoms with Crippen LogP contribution in [0, 0.1) is 11.3 Å². The zero-order valence-electron chi connectivity index (χ0n) is 7.95. The van der Waals surface area contributed by atoms with Crippen LogP contribution in [-0.4, -0.2) is 17.4 Å². The minimum absolute atomic E-state index is 0.232. The van der Waals surface area contributed by atoms with Gasteiger partial charge in [0, 0.05) is 6.54 Å². The highest BCUT2D eigenvalue weighted by atomic mass is 16.1. The number of nitriles is 1. The van der Waals surface area contributed by atoms with E-state index in [-0.39, 0.29) is 17.3 Å². The van der Waals surface area contributed by atoms with Crippen molar-refractivity contribution in [2.24, 2.45) is 0 Å². The Labute approximate surface area is 82.6 Å². The summed E-state index contributed by atoms with van der Waals surface area (Å²) in [6.45, 7) is 2.59. The zero-order chi connectivity index (χ0) is 10.4. The minimum Gasteiger partial charge on any atom is -0.351 e. The topological polar surface area (TPSA) is 65.8 Å². The first-order valence-electron chi connectivity index (χ1n) is 4.43. The maximum Gasteiger partial charge on any atom is 0.269 e. The van der Waals surface area contributed by atoms with Gasteiger partial charge < -0.3 is 5.32 Å². The van der Waals surface area contributed by atoms with Crippen LogP contribution in [0.5, 0.6) is 0 Å². The van der Waals surface area contributed by atoms with E-state index in [1.54, 1.807) is 18.2 Å². The Hall–Kier alpha value is -1.89. The molecule has 1 aromatic heterocycles. The standard InChI is InChI=1S/C10H11N3O/c1-2-6-12-10(14)9-5-3-4-8(7-11)13-9/h3-5H,2,6H2,1H3,(H,12,14). The number of nitrogens with one attached hydrogen (secondary N) is 1. The Morgan fingerprint density at radius 3 is 3.07 bits per heavy atom. The van der Waals surface area contributed by atoms with Gasteiger partial charge >= 0.3 is 0 Å². The fourth-order valence-electron chi connectivity index (χ4n) is 0.953. The van der Waals surface area contributed by atoms with E-state index in [0.29, 0.717) is 6.54 Å². The van der Waals surface area contributed by atoms with Crippen molar-refractivity contribution in [1.82, 2.24) is 10.3 Å². The second kappa shape index (κ2) is 4.97. The third kappa shape index (κ3) is 2.56. The molecule has 1 heterocycles. The Morgan fingerprint density at radius 1 is 1.64 bits per heavy atom. The van der Waals surface area contributed by atoms with Crippen molar-refractivity contribution in [1.29, 1.82) is 5.26 Å². The molecule has 72 valence electrons. The highest BCUT2D eigenvalue weighted by Gasteiger charge is 2.05. The summed E-state index contributed by atoms with van der Waals surface area (Å²) < 4.78 is 0. The van der Waals surface area contributed by atoms with Crippen LogP contribution < -0.4 is 5.32 Å². The molecule has 0 atom stereocenters. The number of pyridine rings is 1. The lowest BCUT2D eigenvalue weighted by molar-refractivity contribution is 0.0948. The molecule has 0 saturated heterocycles. The van der Waals surface area contributed by atoms with Gasteiger partial charge in [-0.15, -0.1) is 0 Å². The van der Waals surface area contributed by atoms with E-state index in [4.69, 9.17) is 5.26 Å². The second-order valence-corrected chi connectivity index (χ2v) is 2.78. The molecule has 4 heteroatoms. The maximum atomic E-state index is 11.4. The normalized spacial score (nSPS) is 9.14. The summed E-state index contributed by atoms with van der Waals surface area (Å²) in [7, 11) is 0. The molecule has 1 rings (SSSR count). The number of rotatable bonds is 3. The van der Waals surface area contributed by atoms with Gasteiger partial charge in [0.2, 0.25) is 0 Å². The predicted molar refractivity (Wildman–Crippen MR) is 51.6 cm³/mol. The van der Waals surface area contributed by atoms with E-state index < -0.39 is 0 Å². The number of amides is 1. The molecule has 0 saturated carbocycles. The Morgan fingerprint density at radius 2 is 2.43 bits per heavy atom. The van der Waals surface area contributed by atoms with Gasteiger partial charge in [0.25, 0.3) is 5.91 Å². The minimum atomic E-state index is -0.232. The van der Waals surface area contributed by atoms with Crippen molar-refractivity contribution < 1.29 is 4.79 Å². The van der Waals surface area contributed by atoms with Crippen LogP contribution in [-0.2, 0) is 0 Å². The smallest absolute Gasteiger partial charge is 0.269 e. The fraction of sp³-hybridized carbons (Fsp3) is 0.300. The quantitative estimate of drug-likeness (QED) is 0.774. The second-order valence-electron chi connectivity index (χ2n) is 2.78. The Balaban J connectivity index is 2.75. The Bertz CT molecular complexity index is 368. The van der Waals surface area contributed by atoms with Crippen molar-refractivity contribution >= 4 is 5.91 Å². The molecular formula is C10H11N3O. The summed E-state index contributed by atoms with van der Waals surface area (Å²) in [5.41, 5.74) is 0.548. The van der Waals surface area contributed by atoms with E-state index in [0.717, 1.165) is 6.42 Å². The van der Waals surface area contributed by atoms with Gasteiger partial charge in [-0.2, -0.15) is 5.26 Å². The van der Waals surface area contributed by atoms with Crippen LogP contribution in [0.1, 0.15) is 29.5 Å². The summed E-state index contributed by atoms with van der Waals surface area (Å²) in [5.74, 6) is -0.232. The summed E-state index contributed by atoms with van der Waals surface area (Å²) in [5, 5.41) is 11.3. The van der Waals surface area contributed by atoms with Gasteiger partial charge in [0.15, 0.2) is 0 Å². The van der Waals surface area contributed by atoms with Crippen LogP contribution in [0.4, 0.5) is 0 Å². The molecule has 0 spiro atoms. The van der Waals surface area contributed by atoms with Gasteiger partial charge in [0.05, 0.1) is 0 Å². The van der Waals surface area contributed by atoms with Gasteiger partial charge in [-0.3, -0.25) is 4.79 Å². The van der Waals surface area contributed by atoms with Gasteiger partial charge in [-0.05, 0) is 18.6 Å². The predicted octanol–water partition coefficient (Wildman–Crippen LogP) is 1.09. The zero-order valence-corrected chi connectivity index (χ0v) is 7.95. The molecular weight excluding hydrogens is 178 g/mol. The monoisotopic (exact) mass is 189 g/mol. The molecule has 4 nitrogen and oxygen atoms in total. The Kier molecular flexibility index (Phi) is 3.62. The molecule has 0 radical (unpaired) electrons. The van der Waals surface area contributed by atoms with Crippen molar-refractivity contribution in [3.63, 3.8) is 0 Å². The molecule has 0 aliphatic heterocycles. The van der Waals surface area contributed by atoms with Crippen molar-refractivity contribution in [2.45, 2.75) is 13.3 Å². The average molecular weight is 189 g/mol. The third-order valence-corrected chi connectivity index (χ3v) is 1.63. The molecule has 14 heavy (non-hydrogen) atoms. The van der Waals surface area contributed by atoms with Crippen LogP contribution >= 0.6 is 0 Å². The van der Waals surface area contributed by atoms with E-state index in [2.05, 4.69) is 10.3 Å². The molecule has 0 unspecified atom stereocenters. The molecule has 1 amide bonds. The van der Waals surface area contributed by atoms with Crippen LogP contribution in [0.15, 0.2) is 18.2 Å². The summed E-state index contributed by atoms with van der Waals surface area (Å²) >= 11 is 0. The molecule has 0 fully saturated rings. The lowest BCUT2D eigenvalue weighted by Gasteiger charge is -2.01. The molecule has 1 N–H and O–H groups in total. The first kappa shape index (κ1) is 10.2. The van der Waals surface area contributed by atoms with Gasteiger partial charge in [-0.1, -0.05) is 13.0 Å². The first-order chi connectivity index (χ1) is 6.77. The lowest BCUT2D eigenvalue weighted by Crippen LogP contribution is -2.25. The third-order valence-electron chi connectivity index (χ3n) is 1.63. The largest absolute Gasteiger partial charge is 0.351 e. The lowest BCUT2D eigenvalue weighted by atomic mass is 10.3. The maximum absolute atomic E-state index is 11.4. The van der Waals surface area contributed by atoms with Crippen LogP contribution in [0.2, 0.25) is 0 Å². The van der Waals surface area contributed by atoms with Gasteiger partial charge in [-0.25, -0.2) is 4.98 Å². The van der Waals surface area contributed by atoms with Crippen LogP contribution in [0.25, 0.3) is 0 Å². The van der Waals surface area contributed by atoms with E-state index in [1.807, 2.05) is 13.0 Å².